The SMILES string of the molecule is Cc1nn(C)c(COc2ccc(C(N)=S)cc2F)c1Cl. The summed E-state index contributed by atoms with van der Waals surface area (Å²) < 4.78 is 20.9. The summed E-state index contributed by atoms with van der Waals surface area (Å²) in [5, 5.41) is 4.68. The Kier molecular flexibility index (Phi) is 4.25. The summed E-state index contributed by atoms with van der Waals surface area (Å²) in [4.78, 5) is 0.140. The van der Waals surface area contributed by atoms with Crippen molar-refractivity contribution in [2.45, 2.75) is 13.5 Å². The maximum atomic E-state index is 13.8. The van der Waals surface area contributed by atoms with Crippen LogP contribution >= 0.6 is 23.8 Å². The number of benzene rings is 1. The lowest BCUT2D eigenvalue weighted by atomic mass is 10.2. The Bertz CT molecular complexity index is 672. The lowest BCUT2D eigenvalue weighted by Gasteiger charge is -2.09. The van der Waals surface area contributed by atoms with Crippen LogP contribution in [0.4, 0.5) is 4.39 Å². The number of hydrogen-bond acceptors (Lipinski definition) is 3. The first-order valence-corrected chi connectivity index (χ1v) is 6.59. The lowest BCUT2D eigenvalue weighted by Crippen LogP contribution is -2.10. The highest BCUT2D eigenvalue weighted by molar-refractivity contribution is 7.80. The molecule has 2 N–H and O–H groups in total. The van der Waals surface area contributed by atoms with Crippen LogP contribution < -0.4 is 10.5 Å². The summed E-state index contributed by atoms with van der Waals surface area (Å²) in [5.41, 5.74) is 7.28. The highest BCUT2D eigenvalue weighted by atomic mass is 35.5. The Balaban J connectivity index is 2.17. The van der Waals surface area contributed by atoms with Crippen LogP contribution in [0.3, 0.4) is 0 Å². The number of nitrogens with zero attached hydrogens (tertiary/aromatic N) is 2. The van der Waals surface area contributed by atoms with Crippen LogP contribution in [0.15, 0.2) is 18.2 Å². The smallest absolute Gasteiger partial charge is 0.165 e. The standard InChI is InChI=1S/C13H13ClFN3OS/c1-7-12(14)10(18(2)17-7)6-19-11-4-3-8(13(16)20)5-9(11)15/h3-5H,6H2,1-2H3,(H2,16,20). The first-order valence-electron chi connectivity index (χ1n) is 5.80. The summed E-state index contributed by atoms with van der Waals surface area (Å²) in [5.74, 6) is -0.412. The van der Waals surface area contributed by atoms with Gasteiger partial charge in [-0.25, -0.2) is 4.39 Å². The number of ether oxygens (including phenoxy) is 1. The second-order valence-electron chi connectivity index (χ2n) is 4.27. The molecule has 0 aliphatic rings. The van der Waals surface area contributed by atoms with Gasteiger partial charge in [0.2, 0.25) is 0 Å². The second kappa shape index (κ2) is 5.76. The molecule has 1 aromatic carbocycles. The quantitative estimate of drug-likeness (QED) is 0.882. The van der Waals surface area contributed by atoms with Crippen LogP contribution in [0.25, 0.3) is 0 Å². The van der Waals surface area contributed by atoms with Crippen molar-refractivity contribution in [3.05, 3.63) is 46.0 Å². The fourth-order valence-corrected chi connectivity index (χ4v) is 2.10. The van der Waals surface area contributed by atoms with Gasteiger partial charge in [-0.3, -0.25) is 4.68 Å². The molecule has 0 unspecified atom stereocenters. The largest absolute Gasteiger partial charge is 0.484 e. The number of halogens is 2. The molecular weight excluding hydrogens is 301 g/mol. The predicted octanol–water partition coefficient (Wildman–Crippen LogP) is 2.73. The van der Waals surface area contributed by atoms with Gasteiger partial charge >= 0.3 is 0 Å². The van der Waals surface area contributed by atoms with Crippen LogP contribution in [0, 0.1) is 12.7 Å². The van der Waals surface area contributed by atoms with Crippen LogP contribution in [0.1, 0.15) is 17.0 Å². The molecule has 0 atom stereocenters. The Morgan fingerprint density at radius 1 is 1.55 bits per heavy atom. The average Bonchev–Trinajstić information content (AvgIpc) is 2.62. The molecule has 20 heavy (non-hydrogen) atoms. The molecule has 0 aliphatic heterocycles. The van der Waals surface area contributed by atoms with E-state index >= 15 is 0 Å². The van der Waals surface area contributed by atoms with Crippen LogP contribution in [0.2, 0.25) is 5.02 Å². The molecule has 4 nitrogen and oxygen atoms in total. The minimum atomic E-state index is -0.523. The number of aryl methyl sites for hydroxylation is 2. The van der Waals surface area contributed by atoms with Crippen molar-refractivity contribution in [1.29, 1.82) is 0 Å². The van der Waals surface area contributed by atoms with Gasteiger partial charge in [0.15, 0.2) is 11.6 Å². The molecule has 106 valence electrons. The molecule has 0 saturated heterocycles. The first-order chi connectivity index (χ1) is 9.40. The highest BCUT2D eigenvalue weighted by Crippen LogP contribution is 2.23. The van der Waals surface area contributed by atoms with Gasteiger partial charge in [-0.05, 0) is 25.1 Å². The third kappa shape index (κ3) is 2.91. The topological polar surface area (TPSA) is 53.1 Å². The zero-order valence-corrected chi connectivity index (χ0v) is 12.6. The fraction of sp³-hybridized carbons (Fsp3) is 0.231. The Labute approximate surface area is 126 Å². The number of thiocarbonyl (C=S) groups is 1. The number of aromatic nitrogens is 2. The minimum absolute atomic E-state index is 0.111. The zero-order chi connectivity index (χ0) is 14.9. The van der Waals surface area contributed by atoms with Gasteiger partial charge in [-0.2, -0.15) is 5.10 Å². The maximum Gasteiger partial charge on any atom is 0.165 e. The van der Waals surface area contributed by atoms with Gasteiger partial charge in [0.05, 0.1) is 16.4 Å². The van der Waals surface area contributed by atoms with Crippen LogP contribution in [0.5, 0.6) is 5.75 Å². The van der Waals surface area contributed by atoms with Gasteiger partial charge < -0.3 is 10.5 Å². The average molecular weight is 314 g/mol. The highest BCUT2D eigenvalue weighted by Gasteiger charge is 2.13. The third-order valence-electron chi connectivity index (χ3n) is 2.84. The van der Waals surface area contributed by atoms with E-state index in [4.69, 9.17) is 34.3 Å². The van der Waals surface area contributed by atoms with E-state index in [1.165, 1.54) is 12.1 Å². The van der Waals surface area contributed by atoms with Crippen molar-refractivity contribution >= 4 is 28.8 Å². The van der Waals surface area contributed by atoms with E-state index in [-0.39, 0.29) is 17.3 Å². The Morgan fingerprint density at radius 2 is 2.25 bits per heavy atom. The molecule has 0 bridgehead atoms. The molecule has 1 heterocycles. The maximum absolute atomic E-state index is 13.8. The molecule has 0 amide bonds. The van der Waals surface area contributed by atoms with E-state index in [0.717, 1.165) is 0 Å². The van der Waals surface area contributed by atoms with Crippen molar-refractivity contribution in [2.24, 2.45) is 12.8 Å². The summed E-state index contributed by atoms with van der Waals surface area (Å²) in [6.45, 7) is 1.92. The molecule has 1 aromatic heterocycles. The van der Waals surface area contributed by atoms with Crippen molar-refractivity contribution in [3.8, 4) is 5.75 Å². The summed E-state index contributed by atoms with van der Waals surface area (Å²) in [6.07, 6.45) is 0. The third-order valence-corrected chi connectivity index (χ3v) is 3.57. The molecule has 7 heteroatoms. The van der Waals surface area contributed by atoms with E-state index in [2.05, 4.69) is 5.10 Å². The van der Waals surface area contributed by atoms with E-state index < -0.39 is 5.82 Å². The van der Waals surface area contributed by atoms with E-state index in [9.17, 15) is 4.39 Å². The van der Waals surface area contributed by atoms with Gasteiger partial charge in [0.1, 0.15) is 11.6 Å². The summed E-state index contributed by atoms with van der Waals surface area (Å²) >= 11 is 10.9. The molecular formula is C13H13ClFN3OS. The van der Waals surface area contributed by atoms with Crippen LogP contribution in [-0.4, -0.2) is 14.8 Å². The fourth-order valence-electron chi connectivity index (χ4n) is 1.75. The van der Waals surface area contributed by atoms with E-state index in [1.807, 2.05) is 0 Å². The number of nitrogens with two attached hydrogens (primary N) is 1. The molecule has 2 aromatic rings. The van der Waals surface area contributed by atoms with Crippen molar-refractivity contribution in [3.63, 3.8) is 0 Å². The summed E-state index contributed by atoms with van der Waals surface area (Å²) in [7, 11) is 1.75. The Morgan fingerprint density at radius 3 is 2.75 bits per heavy atom. The van der Waals surface area contributed by atoms with Gasteiger partial charge in [0.25, 0.3) is 0 Å². The van der Waals surface area contributed by atoms with E-state index in [1.54, 1.807) is 24.7 Å². The normalized spacial score (nSPS) is 10.6. The zero-order valence-electron chi connectivity index (χ0n) is 11.0. The number of hydrogen-bond donors (Lipinski definition) is 1. The molecule has 0 aliphatic carbocycles. The van der Waals surface area contributed by atoms with Crippen molar-refractivity contribution < 1.29 is 9.13 Å². The van der Waals surface area contributed by atoms with Gasteiger partial charge in [-0.1, -0.05) is 23.8 Å². The predicted molar refractivity (Wildman–Crippen MR) is 79.6 cm³/mol. The van der Waals surface area contributed by atoms with Crippen molar-refractivity contribution in [1.82, 2.24) is 9.78 Å². The lowest BCUT2D eigenvalue weighted by molar-refractivity contribution is 0.280. The molecule has 0 fully saturated rings. The van der Waals surface area contributed by atoms with Crippen LogP contribution in [-0.2, 0) is 13.7 Å². The van der Waals surface area contributed by atoms with E-state index in [0.29, 0.717) is 22.0 Å². The molecule has 0 radical (unpaired) electrons. The monoisotopic (exact) mass is 313 g/mol. The Hall–Kier alpha value is -1.66. The molecule has 0 saturated carbocycles. The molecule has 0 spiro atoms. The van der Waals surface area contributed by atoms with Gasteiger partial charge in [0, 0.05) is 12.6 Å². The number of rotatable bonds is 4. The molecule has 2 rings (SSSR count). The second-order valence-corrected chi connectivity index (χ2v) is 5.09. The van der Waals surface area contributed by atoms with Gasteiger partial charge in [-0.15, -0.1) is 0 Å². The van der Waals surface area contributed by atoms with Crippen molar-refractivity contribution in [2.75, 3.05) is 0 Å². The summed E-state index contributed by atoms with van der Waals surface area (Å²) in [6, 6.07) is 4.34. The first kappa shape index (κ1) is 14.7. The minimum Gasteiger partial charge on any atom is -0.484 e.